The van der Waals surface area contributed by atoms with E-state index in [4.69, 9.17) is 11.6 Å². The Labute approximate surface area is 128 Å². The van der Waals surface area contributed by atoms with Crippen LogP contribution in [0.15, 0.2) is 53.4 Å². The Kier molecular flexibility index (Phi) is 4.50. The van der Waals surface area contributed by atoms with E-state index in [1.807, 2.05) is 0 Å². The van der Waals surface area contributed by atoms with Crippen molar-refractivity contribution >= 4 is 33.2 Å². The van der Waals surface area contributed by atoms with Crippen LogP contribution in [0.4, 0.5) is 5.69 Å². The molecule has 0 heterocycles. The average molecular weight is 325 g/mol. The first-order valence-corrected chi connectivity index (χ1v) is 7.89. The molecule has 2 aromatic rings. The van der Waals surface area contributed by atoms with E-state index >= 15 is 0 Å². The molecule has 0 unspecified atom stereocenters. The van der Waals surface area contributed by atoms with Gasteiger partial charge in [-0.05, 0) is 30.3 Å². The third-order valence-electron chi connectivity index (χ3n) is 2.73. The minimum atomic E-state index is -3.81. The highest BCUT2D eigenvalue weighted by Gasteiger charge is 2.17. The van der Waals surface area contributed by atoms with Crippen LogP contribution in [0.1, 0.15) is 10.4 Å². The van der Waals surface area contributed by atoms with Crippen LogP contribution in [-0.4, -0.2) is 21.4 Å². The lowest BCUT2D eigenvalue weighted by atomic mass is 10.2. The number of amides is 1. The van der Waals surface area contributed by atoms with Crippen LogP contribution in [0.2, 0.25) is 5.02 Å². The van der Waals surface area contributed by atoms with Gasteiger partial charge in [-0.2, -0.15) is 0 Å². The number of nitrogens with one attached hydrogen (secondary N) is 2. The number of sulfonamides is 1. The summed E-state index contributed by atoms with van der Waals surface area (Å²) in [4.78, 5) is 11.5. The van der Waals surface area contributed by atoms with Crippen LogP contribution < -0.4 is 10.0 Å². The summed E-state index contributed by atoms with van der Waals surface area (Å²) in [5.74, 6) is -0.297. The van der Waals surface area contributed by atoms with E-state index in [-0.39, 0.29) is 21.5 Å². The summed E-state index contributed by atoms with van der Waals surface area (Å²) in [7, 11) is -2.30. The summed E-state index contributed by atoms with van der Waals surface area (Å²) in [6.45, 7) is 0. The SMILES string of the molecule is CNC(=O)c1cccc(NS(=O)(=O)c2ccccc2Cl)c1. The Morgan fingerprint density at radius 2 is 1.81 bits per heavy atom. The second kappa shape index (κ2) is 6.15. The molecule has 0 fully saturated rings. The van der Waals surface area contributed by atoms with Gasteiger partial charge in [0, 0.05) is 18.3 Å². The summed E-state index contributed by atoms with van der Waals surface area (Å²) in [6, 6.07) is 12.3. The summed E-state index contributed by atoms with van der Waals surface area (Å²) in [6.07, 6.45) is 0. The molecule has 7 heteroatoms. The molecule has 0 spiro atoms. The smallest absolute Gasteiger partial charge is 0.263 e. The Morgan fingerprint density at radius 1 is 1.10 bits per heavy atom. The molecule has 5 nitrogen and oxygen atoms in total. The number of carbonyl (C=O) groups is 1. The van der Waals surface area contributed by atoms with Crippen molar-refractivity contribution in [1.29, 1.82) is 0 Å². The van der Waals surface area contributed by atoms with Crippen molar-refractivity contribution in [2.45, 2.75) is 4.90 Å². The molecule has 0 saturated heterocycles. The highest BCUT2D eigenvalue weighted by Crippen LogP contribution is 2.23. The van der Waals surface area contributed by atoms with E-state index in [0.717, 1.165) is 0 Å². The zero-order chi connectivity index (χ0) is 15.5. The maximum Gasteiger partial charge on any atom is 0.263 e. The second-order valence-electron chi connectivity index (χ2n) is 4.20. The van der Waals surface area contributed by atoms with Gasteiger partial charge in [0.05, 0.1) is 5.02 Å². The van der Waals surface area contributed by atoms with Gasteiger partial charge in [0.1, 0.15) is 4.90 Å². The fourth-order valence-corrected chi connectivity index (χ4v) is 3.31. The summed E-state index contributed by atoms with van der Waals surface area (Å²) in [5.41, 5.74) is 0.646. The number of hydrogen-bond donors (Lipinski definition) is 2. The highest BCUT2D eigenvalue weighted by molar-refractivity contribution is 7.92. The third-order valence-corrected chi connectivity index (χ3v) is 4.61. The number of benzene rings is 2. The predicted octanol–water partition coefficient (Wildman–Crippen LogP) is 2.50. The van der Waals surface area contributed by atoms with Crippen LogP contribution in [0.3, 0.4) is 0 Å². The molecule has 0 aliphatic rings. The van der Waals surface area contributed by atoms with Crippen molar-refractivity contribution < 1.29 is 13.2 Å². The van der Waals surface area contributed by atoms with Gasteiger partial charge in [-0.1, -0.05) is 29.8 Å². The lowest BCUT2D eigenvalue weighted by molar-refractivity contribution is 0.0963. The molecule has 0 bridgehead atoms. The maximum atomic E-state index is 12.3. The molecule has 0 aliphatic carbocycles. The molecule has 2 N–H and O–H groups in total. The van der Waals surface area contributed by atoms with E-state index in [1.54, 1.807) is 30.3 Å². The number of carbonyl (C=O) groups excluding carboxylic acids is 1. The minimum absolute atomic E-state index is 0.0167. The molecule has 1 amide bonds. The molecule has 0 saturated carbocycles. The third kappa shape index (κ3) is 3.53. The fraction of sp³-hybridized carbons (Fsp3) is 0.0714. The molecular weight excluding hydrogens is 312 g/mol. The number of halogens is 1. The molecule has 0 aliphatic heterocycles. The van der Waals surface area contributed by atoms with Crippen molar-refractivity contribution in [3.8, 4) is 0 Å². The van der Waals surface area contributed by atoms with E-state index in [9.17, 15) is 13.2 Å². The molecule has 0 aromatic heterocycles. The number of hydrogen-bond acceptors (Lipinski definition) is 3. The zero-order valence-corrected chi connectivity index (χ0v) is 12.7. The Hall–Kier alpha value is -2.05. The molecule has 0 radical (unpaired) electrons. The lowest BCUT2D eigenvalue weighted by Crippen LogP contribution is -2.18. The van der Waals surface area contributed by atoms with Gasteiger partial charge in [0.15, 0.2) is 0 Å². The molecular formula is C14H13ClN2O3S. The Balaban J connectivity index is 2.34. The highest BCUT2D eigenvalue weighted by atomic mass is 35.5. The van der Waals surface area contributed by atoms with Crippen molar-refractivity contribution in [3.63, 3.8) is 0 Å². The van der Waals surface area contributed by atoms with E-state index < -0.39 is 10.0 Å². The topological polar surface area (TPSA) is 75.3 Å². The van der Waals surface area contributed by atoms with Gasteiger partial charge >= 0.3 is 0 Å². The molecule has 2 aromatic carbocycles. The van der Waals surface area contributed by atoms with Gasteiger partial charge in [-0.3, -0.25) is 9.52 Å². The Bertz CT molecular complexity index is 775. The average Bonchev–Trinajstić information content (AvgIpc) is 2.46. The van der Waals surface area contributed by atoms with Gasteiger partial charge in [0.2, 0.25) is 0 Å². The summed E-state index contributed by atoms with van der Waals surface area (Å²) < 4.78 is 27.0. The van der Waals surface area contributed by atoms with Crippen LogP contribution >= 0.6 is 11.6 Å². The zero-order valence-electron chi connectivity index (χ0n) is 11.1. The van der Waals surface area contributed by atoms with Crippen LogP contribution in [0, 0.1) is 0 Å². The van der Waals surface area contributed by atoms with E-state index in [1.165, 1.54) is 25.2 Å². The predicted molar refractivity (Wildman–Crippen MR) is 82.1 cm³/mol. The first-order valence-electron chi connectivity index (χ1n) is 6.03. The largest absolute Gasteiger partial charge is 0.355 e. The molecule has 2 rings (SSSR count). The first kappa shape index (κ1) is 15.3. The van der Waals surface area contributed by atoms with Crippen LogP contribution in [0.5, 0.6) is 0 Å². The van der Waals surface area contributed by atoms with Gasteiger partial charge in [0.25, 0.3) is 15.9 Å². The van der Waals surface area contributed by atoms with Gasteiger partial charge < -0.3 is 5.32 Å². The van der Waals surface area contributed by atoms with Crippen LogP contribution in [0.25, 0.3) is 0 Å². The number of anilines is 1. The summed E-state index contributed by atoms with van der Waals surface area (Å²) >= 11 is 5.90. The minimum Gasteiger partial charge on any atom is -0.355 e. The van der Waals surface area contributed by atoms with Crippen molar-refractivity contribution in [2.24, 2.45) is 0 Å². The van der Waals surface area contributed by atoms with Crippen molar-refractivity contribution in [2.75, 3.05) is 11.8 Å². The van der Waals surface area contributed by atoms with Crippen molar-refractivity contribution in [1.82, 2.24) is 5.32 Å². The van der Waals surface area contributed by atoms with Gasteiger partial charge in [-0.15, -0.1) is 0 Å². The number of rotatable bonds is 4. The Morgan fingerprint density at radius 3 is 2.48 bits per heavy atom. The molecule has 110 valence electrons. The molecule has 0 atom stereocenters. The van der Waals surface area contributed by atoms with Crippen LogP contribution in [-0.2, 0) is 10.0 Å². The normalized spacial score (nSPS) is 11.0. The van der Waals surface area contributed by atoms with E-state index in [2.05, 4.69) is 10.0 Å². The second-order valence-corrected chi connectivity index (χ2v) is 6.25. The summed E-state index contributed by atoms with van der Waals surface area (Å²) in [5, 5.41) is 2.61. The standard InChI is InChI=1S/C14H13ClN2O3S/c1-16-14(18)10-5-4-6-11(9-10)17-21(19,20)13-8-3-2-7-12(13)15/h2-9,17H,1H3,(H,16,18). The lowest BCUT2D eigenvalue weighted by Gasteiger charge is -2.10. The van der Waals surface area contributed by atoms with Gasteiger partial charge in [-0.25, -0.2) is 8.42 Å². The quantitative estimate of drug-likeness (QED) is 0.907. The first-order chi connectivity index (χ1) is 9.94. The monoisotopic (exact) mass is 324 g/mol. The van der Waals surface area contributed by atoms with Crippen molar-refractivity contribution in [3.05, 3.63) is 59.1 Å². The molecule has 21 heavy (non-hydrogen) atoms. The maximum absolute atomic E-state index is 12.3. The fourth-order valence-electron chi connectivity index (χ4n) is 1.74. The van der Waals surface area contributed by atoms with E-state index in [0.29, 0.717) is 5.56 Å².